The number of nitrogens with one attached hydrogen (secondary N) is 1. The van der Waals surface area contributed by atoms with Crippen molar-refractivity contribution in [3.63, 3.8) is 0 Å². The lowest BCUT2D eigenvalue weighted by atomic mass is 9.90. The Kier molecular flexibility index (Phi) is 6.05. The van der Waals surface area contributed by atoms with Crippen molar-refractivity contribution in [1.82, 2.24) is 4.98 Å². The first-order valence-corrected chi connectivity index (χ1v) is 9.34. The molecule has 1 saturated carbocycles. The summed E-state index contributed by atoms with van der Waals surface area (Å²) in [6.45, 7) is 0. The number of hydrogen-bond donors (Lipinski definition) is 3. The number of benzene rings is 1. The summed E-state index contributed by atoms with van der Waals surface area (Å²) in [7, 11) is 0. The third-order valence-corrected chi connectivity index (χ3v) is 5.02. The fourth-order valence-corrected chi connectivity index (χ4v) is 3.36. The van der Waals surface area contributed by atoms with Crippen LogP contribution in [0.2, 0.25) is 0 Å². The number of nitrogens with zero attached hydrogens (tertiary/aromatic N) is 1. The monoisotopic (exact) mass is 471 g/mol. The molecular weight excluding hydrogens is 452 g/mol. The molecule has 1 aliphatic rings. The average molecular weight is 471 g/mol. The molecule has 26 heavy (non-hydrogen) atoms. The van der Waals surface area contributed by atoms with Crippen LogP contribution in [0.1, 0.15) is 29.6 Å². The lowest BCUT2D eigenvalue weighted by Gasteiger charge is -2.32. The highest BCUT2D eigenvalue weighted by Crippen LogP contribution is 2.26. The predicted molar refractivity (Wildman–Crippen MR) is 104 cm³/mol. The number of carbonyl (C=O) groups excluding carboxylic acids is 1. The summed E-state index contributed by atoms with van der Waals surface area (Å²) in [5.41, 5.74) is 6.61. The highest BCUT2D eigenvalue weighted by Gasteiger charge is 2.32. The summed E-state index contributed by atoms with van der Waals surface area (Å²) in [5.74, 6) is -1.05. The maximum atomic E-state index is 14.1. The first-order chi connectivity index (χ1) is 12.5. The number of ether oxygens (including phenoxy) is 1. The molecule has 1 aromatic heterocycles. The van der Waals surface area contributed by atoms with Gasteiger partial charge in [0.2, 0.25) is 0 Å². The number of nitrogens with two attached hydrogens (primary N) is 1. The second-order valence-electron chi connectivity index (χ2n) is 6.20. The lowest BCUT2D eigenvalue weighted by Crippen LogP contribution is -2.48. The van der Waals surface area contributed by atoms with E-state index >= 15 is 0 Å². The van der Waals surface area contributed by atoms with E-state index in [1.54, 1.807) is 12.1 Å². The Labute approximate surface area is 164 Å². The fourth-order valence-electron chi connectivity index (χ4n) is 2.91. The molecule has 0 spiro atoms. The van der Waals surface area contributed by atoms with Crippen LogP contribution >= 0.6 is 22.6 Å². The summed E-state index contributed by atoms with van der Waals surface area (Å²) in [5, 5.41) is 13.0. The number of aromatic nitrogens is 1. The number of hydrogen-bond acceptors (Lipinski definition) is 6. The van der Waals surface area contributed by atoms with Crippen molar-refractivity contribution >= 4 is 39.9 Å². The smallest absolute Gasteiger partial charge is 0.340 e. The molecule has 1 fully saturated rings. The van der Waals surface area contributed by atoms with Gasteiger partial charge in [-0.1, -0.05) is 0 Å². The number of carbonyl (C=O) groups is 1. The van der Waals surface area contributed by atoms with E-state index in [0.717, 1.165) is 9.99 Å². The molecule has 1 aromatic carbocycles. The van der Waals surface area contributed by atoms with Gasteiger partial charge in [-0.2, -0.15) is 0 Å². The zero-order valence-corrected chi connectivity index (χ0v) is 16.0. The Morgan fingerprint density at radius 2 is 2.15 bits per heavy atom. The van der Waals surface area contributed by atoms with Crippen molar-refractivity contribution in [1.29, 1.82) is 0 Å². The summed E-state index contributed by atoms with van der Waals surface area (Å²) in [6.07, 6.45) is 3.38. The van der Waals surface area contributed by atoms with E-state index in [1.165, 1.54) is 24.5 Å². The van der Waals surface area contributed by atoms with Gasteiger partial charge in [0.15, 0.2) is 0 Å². The van der Waals surface area contributed by atoms with E-state index in [4.69, 9.17) is 10.5 Å². The first-order valence-electron chi connectivity index (χ1n) is 8.26. The van der Waals surface area contributed by atoms with Crippen molar-refractivity contribution in [2.45, 2.75) is 37.5 Å². The second-order valence-corrected chi connectivity index (χ2v) is 7.45. The third kappa shape index (κ3) is 4.30. The van der Waals surface area contributed by atoms with Crippen molar-refractivity contribution in [2.24, 2.45) is 5.73 Å². The fraction of sp³-hybridized carbons (Fsp3) is 0.333. The van der Waals surface area contributed by atoms with Crippen LogP contribution in [-0.4, -0.2) is 34.3 Å². The van der Waals surface area contributed by atoms with E-state index < -0.39 is 30.0 Å². The largest absolute Gasteiger partial charge is 0.456 e. The van der Waals surface area contributed by atoms with Crippen LogP contribution in [0.3, 0.4) is 0 Å². The summed E-state index contributed by atoms with van der Waals surface area (Å²) in [6, 6.07) is 5.81. The highest BCUT2D eigenvalue weighted by atomic mass is 127. The number of halogens is 2. The van der Waals surface area contributed by atoms with E-state index in [-0.39, 0.29) is 11.3 Å². The van der Waals surface area contributed by atoms with Crippen LogP contribution in [0, 0.1) is 9.39 Å². The molecule has 0 bridgehead atoms. The SMILES string of the molecule is N[C@@H]1CCC[C@@H](OC(=O)c2ccncc2Nc2ccc(I)cc2F)[C@H]1O. The van der Waals surface area contributed by atoms with Crippen molar-refractivity contribution < 1.29 is 19.0 Å². The van der Waals surface area contributed by atoms with Gasteiger partial charge in [0, 0.05) is 15.8 Å². The number of rotatable bonds is 4. The van der Waals surface area contributed by atoms with Gasteiger partial charge in [-0.25, -0.2) is 9.18 Å². The number of aliphatic hydroxyl groups excluding tert-OH is 1. The molecule has 4 N–H and O–H groups in total. The van der Waals surface area contributed by atoms with Gasteiger partial charge < -0.3 is 20.9 Å². The third-order valence-electron chi connectivity index (χ3n) is 4.35. The van der Waals surface area contributed by atoms with Crippen LogP contribution in [0.15, 0.2) is 36.7 Å². The Hall–Kier alpha value is -1.78. The zero-order valence-electron chi connectivity index (χ0n) is 13.9. The molecule has 0 amide bonds. The molecule has 138 valence electrons. The van der Waals surface area contributed by atoms with Crippen LogP contribution in [0.25, 0.3) is 0 Å². The Morgan fingerprint density at radius 1 is 1.35 bits per heavy atom. The van der Waals surface area contributed by atoms with Crippen LogP contribution < -0.4 is 11.1 Å². The average Bonchev–Trinajstić information content (AvgIpc) is 2.62. The lowest BCUT2D eigenvalue weighted by molar-refractivity contribution is -0.0437. The maximum Gasteiger partial charge on any atom is 0.340 e. The van der Waals surface area contributed by atoms with E-state index in [9.17, 15) is 14.3 Å². The molecule has 1 aliphatic carbocycles. The summed E-state index contributed by atoms with van der Waals surface area (Å²) >= 11 is 2.02. The van der Waals surface area contributed by atoms with Crippen molar-refractivity contribution in [3.05, 3.63) is 51.6 Å². The quantitative estimate of drug-likeness (QED) is 0.469. The van der Waals surface area contributed by atoms with Gasteiger partial charge in [-0.15, -0.1) is 0 Å². The topological polar surface area (TPSA) is 97.5 Å². The molecule has 0 saturated heterocycles. The van der Waals surface area contributed by atoms with Gasteiger partial charge in [0.25, 0.3) is 0 Å². The second kappa shape index (κ2) is 8.28. The molecule has 1 heterocycles. The Balaban J connectivity index is 1.79. The van der Waals surface area contributed by atoms with Gasteiger partial charge in [0.05, 0.1) is 23.1 Å². The molecule has 3 atom stereocenters. The van der Waals surface area contributed by atoms with Gasteiger partial charge in [-0.05, 0) is 66.1 Å². The minimum absolute atomic E-state index is 0.212. The molecule has 0 unspecified atom stereocenters. The van der Waals surface area contributed by atoms with Crippen molar-refractivity contribution in [2.75, 3.05) is 5.32 Å². The Bertz CT molecular complexity index is 805. The van der Waals surface area contributed by atoms with E-state index in [1.807, 2.05) is 22.6 Å². The van der Waals surface area contributed by atoms with Gasteiger partial charge in [0.1, 0.15) is 18.0 Å². The minimum atomic E-state index is -0.889. The molecule has 2 aromatic rings. The number of anilines is 2. The highest BCUT2D eigenvalue weighted by molar-refractivity contribution is 14.1. The van der Waals surface area contributed by atoms with Gasteiger partial charge in [-0.3, -0.25) is 4.98 Å². The molecule has 6 nitrogen and oxygen atoms in total. The molecule has 8 heteroatoms. The molecule has 0 aliphatic heterocycles. The summed E-state index contributed by atoms with van der Waals surface area (Å²) in [4.78, 5) is 16.6. The predicted octanol–water partition coefficient (Wildman–Crippen LogP) is 2.97. The van der Waals surface area contributed by atoms with Gasteiger partial charge >= 0.3 is 5.97 Å². The number of pyridine rings is 1. The Morgan fingerprint density at radius 3 is 2.92 bits per heavy atom. The number of esters is 1. The van der Waals surface area contributed by atoms with Crippen LogP contribution in [0.5, 0.6) is 0 Å². The van der Waals surface area contributed by atoms with Crippen LogP contribution in [0.4, 0.5) is 15.8 Å². The maximum absolute atomic E-state index is 14.1. The number of aliphatic hydroxyl groups is 1. The molecule has 3 rings (SSSR count). The standard InChI is InChI=1S/C18H19FIN3O3/c19-12-8-10(20)4-5-14(12)23-15-9-22-7-6-11(15)18(25)26-16-3-1-2-13(21)17(16)24/h4-9,13,16-17,23-24H,1-3,21H2/t13-,16-,17+/m1/s1. The normalized spacial score (nSPS) is 22.7. The zero-order chi connectivity index (χ0) is 18.7. The van der Waals surface area contributed by atoms with E-state index in [0.29, 0.717) is 18.5 Å². The molecular formula is C18H19FIN3O3. The minimum Gasteiger partial charge on any atom is -0.456 e. The van der Waals surface area contributed by atoms with Crippen molar-refractivity contribution in [3.8, 4) is 0 Å². The first kappa shape index (κ1) is 19.0. The van der Waals surface area contributed by atoms with E-state index in [2.05, 4.69) is 10.3 Å². The summed E-state index contributed by atoms with van der Waals surface area (Å²) < 4.78 is 20.3. The van der Waals surface area contributed by atoms with Crippen LogP contribution in [-0.2, 0) is 4.74 Å². The molecule has 0 radical (unpaired) electrons.